The zero-order valence-corrected chi connectivity index (χ0v) is 12.8. The van der Waals surface area contributed by atoms with Gasteiger partial charge in [-0.25, -0.2) is 4.98 Å². The van der Waals surface area contributed by atoms with E-state index in [1.807, 2.05) is 12.4 Å². The lowest BCUT2D eigenvalue weighted by atomic mass is 9.96. The molecule has 0 radical (unpaired) electrons. The van der Waals surface area contributed by atoms with E-state index >= 15 is 0 Å². The molecule has 1 fully saturated rings. The van der Waals surface area contributed by atoms with E-state index in [9.17, 15) is 0 Å². The number of pyridine rings is 1. The Morgan fingerprint density at radius 2 is 1.91 bits per heavy atom. The lowest BCUT2D eigenvalue weighted by molar-refractivity contribution is 0.423. The molecule has 1 N–H and O–H groups in total. The molecular formula is C16H19N7. The third-order valence-electron chi connectivity index (χ3n) is 4.40. The van der Waals surface area contributed by atoms with Gasteiger partial charge in [-0.05, 0) is 30.9 Å². The van der Waals surface area contributed by atoms with Crippen molar-refractivity contribution in [2.24, 2.45) is 5.92 Å². The molecule has 0 bridgehead atoms. The first-order valence-corrected chi connectivity index (χ1v) is 7.93. The Kier molecular flexibility index (Phi) is 3.75. The summed E-state index contributed by atoms with van der Waals surface area (Å²) < 4.78 is 1.79. The predicted octanol–water partition coefficient (Wildman–Crippen LogP) is 1.85. The fourth-order valence-corrected chi connectivity index (χ4v) is 3.07. The number of hydrogen-bond donors (Lipinski definition) is 1. The summed E-state index contributed by atoms with van der Waals surface area (Å²) in [5.74, 6) is 1.56. The molecule has 3 aromatic rings. The van der Waals surface area contributed by atoms with Gasteiger partial charge in [0.25, 0.3) is 0 Å². The topological polar surface area (TPSA) is 71.2 Å². The van der Waals surface area contributed by atoms with E-state index in [1.165, 1.54) is 18.5 Å². The van der Waals surface area contributed by atoms with Crippen LogP contribution < -0.4 is 10.2 Å². The van der Waals surface area contributed by atoms with Crippen molar-refractivity contribution >= 4 is 17.2 Å². The van der Waals surface area contributed by atoms with Gasteiger partial charge in [-0.2, -0.15) is 9.61 Å². The van der Waals surface area contributed by atoms with E-state index in [4.69, 9.17) is 0 Å². The molecule has 7 heteroatoms. The Bertz CT molecular complexity index is 762. The van der Waals surface area contributed by atoms with Crippen molar-refractivity contribution in [2.45, 2.75) is 12.8 Å². The molecular weight excluding hydrogens is 290 g/mol. The van der Waals surface area contributed by atoms with Gasteiger partial charge in [0.2, 0.25) is 0 Å². The highest BCUT2D eigenvalue weighted by molar-refractivity contribution is 5.45. The molecule has 0 saturated carbocycles. The van der Waals surface area contributed by atoms with Crippen molar-refractivity contribution in [1.29, 1.82) is 0 Å². The van der Waals surface area contributed by atoms with Crippen molar-refractivity contribution in [3.05, 3.63) is 43.2 Å². The van der Waals surface area contributed by atoms with Gasteiger partial charge < -0.3 is 10.2 Å². The first kappa shape index (κ1) is 13.9. The molecule has 0 aliphatic carbocycles. The lowest BCUT2D eigenvalue weighted by Crippen LogP contribution is -2.36. The van der Waals surface area contributed by atoms with E-state index in [0.29, 0.717) is 5.92 Å². The maximum atomic E-state index is 4.22. The van der Waals surface area contributed by atoms with Gasteiger partial charge in [-0.1, -0.05) is 0 Å². The lowest BCUT2D eigenvalue weighted by Gasteiger charge is -2.33. The molecule has 4 heterocycles. The molecule has 3 aromatic heterocycles. The van der Waals surface area contributed by atoms with E-state index < -0.39 is 0 Å². The summed E-state index contributed by atoms with van der Waals surface area (Å²) >= 11 is 0. The van der Waals surface area contributed by atoms with Crippen molar-refractivity contribution < 1.29 is 0 Å². The summed E-state index contributed by atoms with van der Waals surface area (Å²) in [7, 11) is 0. The van der Waals surface area contributed by atoms with E-state index in [1.54, 1.807) is 23.2 Å². The SMILES string of the molecule is c1cc(N2CCC(CNc3cncc4ncnn34)CC2)ccn1. The van der Waals surface area contributed by atoms with Crippen LogP contribution in [0.15, 0.2) is 43.2 Å². The quantitative estimate of drug-likeness (QED) is 0.793. The van der Waals surface area contributed by atoms with Crippen LogP contribution in [0.5, 0.6) is 0 Å². The van der Waals surface area contributed by atoms with Crippen molar-refractivity contribution in [3.63, 3.8) is 0 Å². The Balaban J connectivity index is 1.34. The number of fused-ring (bicyclic) bond motifs is 1. The Morgan fingerprint density at radius 1 is 1.09 bits per heavy atom. The summed E-state index contributed by atoms with van der Waals surface area (Å²) in [6.07, 6.45) is 11.1. The van der Waals surface area contributed by atoms with Gasteiger partial charge in [-0.3, -0.25) is 9.97 Å². The second kappa shape index (κ2) is 6.20. The largest absolute Gasteiger partial charge is 0.371 e. The normalized spacial score (nSPS) is 15.9. The molecule has 1 aliphatic heterocycles. The van der Waals surface area contributed by atoms with Crippen molar-refractivity contribution in [2.75, 3.05) is 29.9 Å². The summed E-state index contributed by atoms with van der Waals surface area (Å²) in [6.45, 7) is 3.11. The standard InChI is InChI=1S/C16H19N7/c1-5-17-6-2-14(1)22-7-3-13(4-8-22)9-19-15-10-18-11-16-20-12-21-23(15)16/h1-2,5-6,10-13,19H,3-4,7-9H2. The van der Waals surface area contributed by atoms with Gasteiger partial charge >= 0.3 is 0 Å². The van der Waals surface area contributed by atoms with Gasteiger partial charge in [0.15, 0.2) is 5.65 Å². The van der Waals surface area contributed by atoms with E-state index in [0.717, 1.165) is 31.1 Å². The number of nitrogens with one attached hydrogen (secondary N) is 1. The molecule has 0 aromatic carbocycles. The molecule has 23 heavy (non-hydrogen) atoms. The summed E-state index contributed by atoms with van der Waals surface area (Å²) in [5, 5.41) is 7.69. The number of nitrogens with zero attached hydrogens (tertiary/aromatic N) is 6. The van der Waals surface area contributed by atoms with Crippen LogP contribution in [0.25, 0.3) is 5.65 Å². The molecule has 7 nitrogen and oxygen atoms in total. The summed E-state index contributed by atoms with van der Waals surface area (Å²) in [6, 6.07) is 4.16. The smallest absolute Gasteiger partial charge is 0.175 e. The number of anilines is 2. The maximum absolute atomic E-state index is 4.22. The van der Waals surface area contributed by atoms with Crippen LogP contribution in [-0.4, -0.2) is 44.2 Å². The van der Waals surface area contributed by atoms with Crippen LogP contribution in [0.2, 0.25) is 0 Å². The maximum Gasteiger partial charge on any atom is 0.175 e. The van der Waals surface area contributed by atoms with Crippen molar-refractivity contribution in [3.8, 4) is 0 Å². The number of piperidine rings is 1. The second-order valence-corrected chi connectivity index (χ2v) is 5.84. The molecule has 118 valence electrons. The fraction of sp³-hybridized carbons (Fsp3) is 0.375. The fourth-order valence-electron chi connectivity index (χ4n) is 3.07. The highest BCUT2D eigenvalue weighted by atomic mass is 15.3. The molecule has 1 aliphatic rings. The second-order valence-electron chi connectivity index (χ2n) is 5.84. The molecule has 0 unspecified atom stereocenters. The van der Waals surface area contributed by atoms with Crippen LogP contribution in [0.1, 0.15) is 12.8 Å². The Labute approximate surface area is 134 Å². The number of aromatic nitrogens is 5. The summed E-state index contributed by atoms with van der Waals surface area (Å²) in [4.78, 5) is 14.9. The first-order chi connectivity index (χ1) is 11.4. The summed E-state index contributed by atoms with van der Waals surface area (Å²) in [5.41, 5.74) is 2.03. The molecule has 0 amide bonds. The minimum Gasteiger partial charge on any atom is -0.371 e. The van der Waals surface area contributed by atoms with Gasteiger partial charge in [-0.15, -0.1) is 0 Å². The average Bonchev–Trinajstić information content (AvgIpc) is 3.10. The van der Waals surface area contributed by atoms with E-state index in [2.05, 4.69) is 42.4 Å². The average molecular weight is 309 g/mol. The minimum atomic E-state index is 0.659. The van der Waals surface area contributed by atoms with Crippen LogP contribution in [0, 0.1) is 5.92 Å². The van der Waals surface area contributed by atoms with Crippen LogP contribution >= 0.6 is 0 Å². The Hall–Kier alpha value is -2.70. The monoisotopic (exact) mass is 309 g/mol. The molecule has 1 saturated heterocycles. The van der Waals surface area contributed by atoms with Gasteiger partial charge in [0.05, 0.1) is 12.4 Å². The minimum absolute atomic E-state index is 0.659. The molecule has 4 rings (SSSR count). The third kappa shape index (κ3) is 2.94. The highest BCUT2D eigenvalue weighted by Gasteiger charge is 2.19. The predicted molar refractivity (Wildman–Crippen MR) is 88.4 cm³/mol. The zero-order chi connectivity index (χ0) is 15.5. The number of hydrogen-bond acceptors (Lipinski definition) is 6. The molecule has 0 atom stereocenters. The first-order valence-electron chi connectivity index (χ1n) is 7.93. The van der Waals surface area contributed by atoms with Crippen LogP contribution in [-0.2, 0) is 0 Å². The Morgan fingerprint density at radius 3 is 2.74 bits per heavy atom. The van der Waals surface area contributed by atoms with Crippen LogP contribution in [0.3, 0.4) is 0 Å². The third-order valence-corrected chi connectivity index (χ3v) is 4.40. The van der Waals surface area contributed by atoms with E-state index in [-0.39, 0.29) is 0 Å². The highest BCUT2D eigenvalue weighted by Crippen LogP contribution is 2.23. The zero-order valence-electron chi connectivity index (χ0n) is 12.8. The van der Waals surface area contributed by atoms with Gasteiger partial charge in [0.1, 0.15) is 12.1 Å². The van der Waals surface area contributed by atoms with Gasteiger partial charge in [0, 0.05) is 37.7 Å². The van der Waals surface area contributed by atoms with Crippen molar-refractivity contribution in [1.82, 2.24) is 24.6 Å². The molecule has 0 spiro atoms. The number of rotatable bonds is 4. The van der Waals surface area contributed by atoms with Crippen LogP contribution in [0.4, 0.5) is 11.5 Å².